The number of hydrogen-bond acceptors (Lipinski definition) is 3. The average molecular weight is 275 g/mol. The molecule has 1 aromatic heterocycles. The van der Waals surface area contributed by atoms with Crippen molar-refractivity contribution in [2.45, 2.75) is 19.8 Å². The van der Waals surface area contributed by atoms with Gasteiger partial charge in [0.1, 0.15) is 11.3 Å². The van der Waals surface area contributed by atoms with Gasteiger partial charge in [0.05, 0.1) is 12.6 Å². The Morgan fingerprint density at radius 3 is 2.50 bits per heavy atom. The van der Waals surface area contributed by atoms with Gasteiger partial charge in [-0.3, -0.25) is 4.79 Å². The monoisotopic (exact) mass is 275 g/mol. The number of carboxylic acid groups (broad SMARTS) is 1. The minimum absolute atomic E-state index is 0.0791. The number of methoxy groups -OCH3 is 1. The van der Waals surface area contributed by atoms with Crippen LogP contribution in [0.4, 0.5) is 0 Å². The van der Waals surface area contributed by atoms with E-state index in [1.807, 2.05) is 19.9 Å². The smallest absolute Gasteiger partial charge is 0.341 e. The van der Waals surface area contributed by atoms with Crippen molar-refractivity contribution in [3.05, 3.63) is 39.7 Å². The summed E-state index contributed by atoms with van der Waals surface area (Å²) in [6.45, 7) is 3.75. The third-order valence-electron chi connectivity index (χ3n) is 3.42. The number of ether oxygens (including phenoxy) is 1. The third-order valence-corrected chi connectivity index (χ3v) is 3.42. The Balaban J connectivity index is 3.12. The van der Waals surface area contributed by atoms with Crippen molar-refractivity contribution in [2.24, 2.45) is 7.05 Å². The van der Waals surface area contributed by atoms with E-state index in [1.54, 1.807) is 19.2 Å². The third kappa shape index (κ3) is 1.95. The number of aromatic carboxylic acids is 1. The average Bonchev–Trinajstić information content (AvgIpc) is 2.40. The van der Waals surface area contributed by atoms with Crippen molar-refractivity contribution in [3.63, 3.8) is 0 Å². The van der Waals surface area contributed by atoms with E-state index in [-0.39, 0.29) is 11.5 Å². The topological polar surface area (TPSA) is 68.5 Å². The van der Waals surface area contributed by atoms with Crippen molar-refractivity contribution in [2.75, 3.05) is 7.11 Å². The zero-order valence-corrected chi connectivity index (χ0v) is 11.9. The standard InChI is InChI=1S/C15H17NO4/c1-8(2)11-9-6-5-7-10(20-4)13(9)16(3)14(17)12(11)15(18)19/h5-8H,1-4H3,(H,18,19). The quantitative estimate of drug-likeness (QED) is 0.933. The molecule has 0 saturated carbocycles. The fourth-order valence-electron chi connectivity index (χ4n) is 2.58. The highest BCUT2D eigenvalue weighted by molar-refractivity contribution is 5.98. The molecular weight excluding hydrogens is 258 g/mol. The van der Waals surface area contributed by atoms with E-state index < -0.39 is 11.5 Å². The molecule has 20 heavy (non-hydrogen) atoms. The summed E-state index contributed by atoms with van der Waals surface area (Å²) in [4.78, 5) is 23.8. The first kappa shape index (κ1) is 14.1. The minimum Gasteiger partial charge on any atom is -0.495 e. The maximum atomic E-state index is 12.3. The molecular formula is C15H17NO4. The molecule has 0 aliphatic heterocycles. The predicted molar refractivity (Wildman–Crippen MR) is 76.8 cm³/mol. The lowest BCUT2D eigenvalue weighted by molar-refractivity contribution is 0.0693. The fourth-order valence-corrected chi connectivity index (χ4v) is 2.58. The van der Waals surface area contributed by atoms with Crippen LogP contribution in [0.3, 0.4) is 0 Å². The van der Waals surface area contributed by atoms with Gasteiger partial charge in [0.25, 0.3) is 5.56 Å². The normalized spacial score (nSPS) is 11.1. The number of aromatic nitrogens is 1. The van der Waals surface area contributed by atoms with Gasteiger partial charge < -0.3 is 14.4 Å². The summed E-state index contributed by atoms with van der Waals surface area (Å²) in [6.07, 6.45) is 0. The number of fused-ring (bicyclic) bond motifs is 1. The molecule has 1 heterocycles. The summed E-state index contributed by atoms with van der Waals surface area (Å²) in [7, 11) is 3.09. The molecule has 0 amide bonds. The molecule has 2 rings (SSSR count). The van der Waals surface area contributed by atoms with E-state index in [0.29, 0.717) is 16.8 Å². The Labute approximate surface area is 116 Å². The molecule has 0 fully saturated rings. The Kier molecular flexibility index (Phi) is 3.53. The highest BCUT2D eigenvalue weighted by atomic mass is 16.5. The van der Waals surface area contributed by atoms with E-state index in [9.17, 15) is 14.7 Å². The predicted octanol–water partition coefficient (Wildman–Crippen LogP) is 2.37. The highest BCUT2D eigenvalue weighted by Gasteiger charge is 2.23. The largest absolute Gasteiger partial charge is 0.495 e. The summed E-state index contributed by atoms with van der Waals surface area (Å²) < 4.78 is 6.63. The lowest BCUT2D eigenvalue weighted by atomic mass is 9.93. The molecule has 0 aliphatic rings. The number of pyridine rings is 1. The van der Waals surface area contributed by atoms with E-state index in [1.165, 1.54) is 11.7 Å². The second kappa shape index (κ2) is 5.00. The van der Waals surface area contributed by atoms with Gasteiger partial charge in [0.2, 0.25) is 0 Å². The molecule has 1 aromatic carbocycles. The van der Waals surface area contributed by atoms with Crippen molar-refractivity contribution >= 4 is 16.9 Å². The molecule has 106 valence electrons. The summed E-state index contributed by atoms with van der Waals surface area (Å²) in [5, 5.41) is 10.1. The van der Waals surface area contributed by atoms with Gasteiger partial charge in [-0.2, -0.15) is 0 Å². The van der Waals surface area contributed by atoms with Crippen LogP contribution < -0.4 is 10.3 Å². The van der Waals surface area contributed by atoms with Crippen LogP contribution in [0.25, 0.3) is 10.9 Å². The first-order chi connectivity index (χ1) is 9.40. The number of carboxylic acids is 1. The Morgan fingerprint density at radius 2 is 2.00 bits per heavy atom. The SMILES string of the molecule is COc1cccc2c(C(C)C)c(C(=O)O)c(=O)n(C)c12. The van der Waals surface area contributed by atoms with E-state index in [2.05, 4.69) is 0 Å². The van der Waals surface area contributed by atoms with Gasteiger partial charge in [-0.1, -0.05) is 26.0 Å². The van der Waals surface area contributed by atoms with Crippen LogP contribution in [0.2, 0.25) is 0 Å². The molecule has 0 saturated heterocycles. The number of hydrogen-bond donors (Lipinski definition) is 1. The molecule has 0 spiro atoms. The lowest BCUT2D eigenvalue weighted by Gasteiger charge is -2.17. The maximum absolute atomic E-state index is 12.3. The van der Waals surface area contributed by atoms with Gasteiger partial charge in [-0.15, -0.1) is 0 Å². The van der Waals surface area contributed by atoms with Crippen LogP contribution >= 0.6 is 0 Å². The van der Waals surface area contributed by atoms with Crippen molar-refractivity contribution in [1.82, 2.24) is 4.57 Å². The van der Waals surface area contributed by atoms with E-state index >= 15 is 0 Å². The van der Waals surface area contributed by atoms with Crippen LogP contribution in [0.15, 0.2) is 23.0 Å². The van der Waals surface area contributed by atoms with Crippen LogP contribution in [-0.2, 0) is 7.05 Å². The van der Waals surface area contributed by atoms with Crippen molar-refractivity contribution in [1.29, 1.82) is 0 Å². The van der Waals surface area contributed by atoms with Crippen LogP contribution in [0.1, 0.15) is 35.7 Å². The van der Waals surface area contributed by atoms with Crippen LogP contribution in [-0.4, -0.2) is 22.8 Å². The van der Waals surface area contributed by atoms with Crippen LogP contribution in [0, 0.1) is 0 Å². The minimum atomic E-state index is -1.20. The Morgan fingerprint density at radius 1 is 1.35 bits per heavy atom. The molecule has 1 N–H and O–H groups in total. The second-order valence-electron chi connectivity index (χ2n) is 4.97. The lowest BCUT2D eigenvalue weighted by Crippen LogP contribution is -2.27. The van der Waals surface area contributed by atoms with Gasteiger partial charge in [0.15, 0.2) is 0 Å². The maximum Gasteiger partial charge on any atom is 0.341 e. The zero-order chi connectivity index (χ0) is 15.0. The summed E-state index contributed by atoms with van der Waals surface area (Å²) in [6, 6.07) is 5.37. The molecule has 0 radical (unpaired) electrons. The van der Waals surface area contributed by atoms with Crippen LogP contribution in [0.5, 0.6) is 5.75 Å². The van der Waals surface area contributed by atoms with E-state index in [0.717, 1.165) is 5.39 Å². The summed E-state index contributed by atoms with van der Waals surface area (Å²) in [5.41, 5.74) is 0.490. The van der Waals surface area contributed by atoms with Crippen molar-refractivity contribution in [3.8, 4) is 5.75 Å². The first-order valence-electron chi connectivity index (χ1n) is 6.33. The summed E-state index contributed by atoms with van der Waals surface area (Å²) >= 11 is 0. The highest BCUT2D eigenvalue weighted by Crippen LogP contribution is 2.31. The number of carbonyl (C=O) groups is 1. The second-order valence-corrected chi connectivity index (χ2v) is 4.97. The Hall–Kier alpha value is -2.30. The number of aryl methyl sites for hydroxylation is 1. The van der Waals surface area contributed by atoms with Gasteiger partial charge >= 0.3 is 5.97 Å². The number of benzene rings is 1. The molecule has 0 atom stereocenters. The molecule has 2 aromatic rings. The first-order valence-corrected chi connectivity index (χ1v) is 6.33. The van der Waals surface area contributed by atoms with Crippen molar-refractivity contribution < 1.29 is 14.6 Å². The molecule has 5 nitrogen and oxygen atoms in total. The molecule has 0 aliphatic carbocycles. The zero-order valence-electron chi connectivity index (χ0n) is 11.9. The van der Waals surface area contributed by atoms with Gasteiger partial charge in [-0.05, 0) is 17.5 Å². The molecule has 0 bridgehead atoms. The van der Waals surface area contributed by atoms with Gasteiger partial charge in [0, 0.05) is 12.4 Å². The molecule has 5 heteroatoms. The van der Waals surface area contributed by atoms with Gasteiger partial charge in [-0.25, -0.2) is 4.79 Å². The molecule has 0 unspecified atom stereocenters. The fraction of sp³-hybridized carbons (Fsp3) is 0.333. The van der Waals surface area contributed by atoms with E-state index in [4.69, 9.17) is 4.74 Å². The summed E-state index contributed by atoms with van der Waals surface area (Å²) in [5.74, 6) is -0.718. The number of rotatable bonds is 3. The Bertz CT molecular complexity index is 744. The number of para-hydroxylation sites is 1. The number of nitrogens with zero attached hydrogens (tertiary/aromatic N) is 1.